The van der Waals surface area contributed by atoms with Crippen molar-refractivity contribution in [1.82, 2.24) is 4.90 Å². The average Bonchev–Trinajstić information content (AvgIpc) is 2.49. The van der Waals surface area contributed by atoms with E-state index in [0.29, 0.717) is 4.32 Å². The standard InChI is InChI=1S/C7H11NS2.K/c9-7(10)8(5-1-2-5)6-3-4-6;/h5-6H,1-4H2,(H,9,10);/q;+1/p-1. The Labute approximate surface area is 121 Å². The molecule has 2 rings (SSSR count). The molecule has 4 heteroatoms. The second kappa shape index (κ2) is 4.31. The van der Waals surface area contributed by atoms with Crippen molar-refractivity contribution in [2.24, 2.45) is 0 Å². The van der Waals surface area contributed by atoms with E-state index in [-0.39, 0.29) is 51.4 Å². The maximum absolute atomic E-state index is 4.99. The van der Waals surface area contributed by atoms with Crippen molar-refractivity contribution in [3.8, 4) is 0 Å². The molecule has 2 saturated carbocycles. The molecule has 0 radical (unpaired) electrons. The Morgan fingerprint density at radius 1 is 1.18 bits per heavy atom. The molecule has 0 heterocycles. The third-order valence-corrected chi connectivity index (χ3v) is 2.51. The Hall–Kier alpha value is 1.75. The van der Waals surface area contributed by atoms with Crippen molar-refractivity contribution >= 4 is 29.2 Å². The van der Waals surface area contributed by atoms with E-state index in [4.69, 9.17) is 24.8 Å². The fourth-order valence-electron chi connectivity index (χ4n) is 1.30. The molecule has 0 aromatic rings. The molecule has 1 nitrogen and oxygen atoms in total. The van der Waals surface area contributed by atoms with Crippen LogP contribution in [0.4, 0.5) is 0 Å². The summed E-state index contributed by atoms with van der Waals surface area (Å²) in [4.78, 5) is 2.27. The van der Waals surface area contributed by atoms with Gasteiger partial charge in [-0.15, -0.1) is 0 Å². The smallest absolute Gasteiger partial charge is 0.411 e. The van der Waals surface area contributed by atoms with Crippen LogP contribution in [-0.2, 0) is 12.6 Å². The first-order valence-electron chi connectivity index (χ1n) is 3.78. The molecule has 56 valence electrons. The Morgan fingerprint density at radius 2 is 1.55 bits per heavy atom. The summed E-state index contributed by atoms with van der Waals surface area (Å²) >= 11 is 9.98. The van der Waals surface area contributed by atoms with Crippen LogP contribution < -0.4 is 51.4 Å². The number of nitrogens with zero attached hydrogens (tertiary/aromatic N) is 1. The van der Waals surface area contributed by atoms with E-state index >= 15 is 0 Å². The molecule has 0 spiro atoms. The van der Waals surface area contributed by atoms with Crippen LogP contribution in [0.15, 0.2) is 0 Å². The summed E-state index contributed by atoms with van der Waals surface area (Å²) < 4.78 is 0.699. The van der Waals surface area contributed by atoms with Gasteiger partial charge in [-0.05, 0) is 25.7 Å². The van der Waals surface area contributed by atoms with Gasteiger partial charge in [-0.25, -0.2) is 0 Å². The van der Waals surface area contributed by atoms with Gasteiger partial charge in [0.05, 0.1) is 0 Å². The zero-order valence-corrected chi connectivity index (χ0v) is 11.5. The summed E-state index contributed by atoms with van der Waals surface area (Å²) in [5, 5.41) is 0. The molecule has 0 aromatic carbocycles. The third-order valence-electron chi connectivity index (χ3n) is 2.09. The molecule has 2 fully saturated rings. The van der Waals surface area contributed by atoms with Gasteiger partial charge in [0.25, 0.3) is 0 Å². The van der Waals surface area contributed by atoms with Crippen LogP contribution >= 0.6 is 12.2 Å². The van der Waals surface area contributed by atoms with E-state index in [1.54, 1.807) is 0 Å². The first kappa shape index (κ1) is 10.8. The van der Waals surface area contributed by atoms with Crippen LogP contribution in [0.1, 0.15) is 25.7 Å². The monoisotopic (exact) mass is 211 g/mol. The molecule has 11 heavy (non-hydrogen) atoms. The Balaban J connectivity index is 0.000000605. The van der Waals surface area contributed by atoms with Gasteiger partial charge in [0, 0.05) is 12.1 Å². The maximum atomic E-state index is 4.99. The average molecular weight is 211 g/mol. The van der Waals surface area contributed by atoms with E-state index < -0.39 is 0 Å². The normalized spacial score (nSPS) is 22.2. The summed E-state index contributed by atoms with van der Waals surface area (Å²) in [6, 6.07) is 1.47. The van der Waals surface area contributed by atoms with Gasteiger partial charge in [0.1, 0.15) is 0 Å². The first-order chi connectivity index (χ1) is 4.79. The molecule has 0 bridgehead atoms. The minimum Gasteiger partial charge on any atom is -0.411 e. The van der Waals surface area contributed by atoms with Gasteiger partial charge in [0.15, 0.2) is 0 Å². The van der Waals surface area contributed by atoms with Crippen molar-refractivity contribution in [2.75, 3.05) is 0 Å². The van der Waals surface area contributed by atoms with Gasteiger partial charge in [-0.1, -0.05) is 4.32 Å². The van der Waals surface area contributed by atoms with Crippen LogP contribution in [0.5, 0.6) is 0 Å². The van der Waals surface area contributed by atoms with Crippen molar-refractivity contribution in [2.45, 2.75) is 37.8 Å². The molecular formula is C7H10KNS2. The van der Waals surface area contributed by atoms with Gasteiger partial charge in [0.2, 0.25) is 0 Å². The van der Waals surface area contributed by atoms with E-state index in [1.807, 2.05) is 0 Å². The summed E-state index contributed by atoms with van der Waals surface area (Å²) in [7, 11) is 0. The van der Waals surface area contributed by atoms with Crippen molar-refractivity contribution < 1.29 is 51.4 Å². The maximum Gasteiger partial charge on any atom is 1.00 e. The SMILES string of the molecule is S=C([S-])N(C1CC1)C1CC1.[K+]. The minimum atomic E-state index is 0. The predicted molar refractivity (Wildman–Crippen MR) is 47.8 cm³/mol. The Bertz CT molecular complexity index is 154. The summed E-state index contributed by atoms with van der Waals surface area (Å²) in [5.41, 5.74) is 0. The van der Waals surface area contributed by atoms with E-state index in [9.17, 15) is 0 Å². The van der Waals surface area contributed by atoms with Crippen molar-refractivity contribution in [3.05, 3.63) is 0 Å². The number of thiocarbonyl (C=S) groups is 1. The van der Waals surface area contributed by atoms with Crippen LogP contribution in [0, 0.1) is 0 Å². The quantitative estimate of drug-likeness (QED) is 0.309. The molecule has 0 N–H and O–H groups in total. The summed E-state index contributed by atoms with van der Waals surface area (Å²) in [6.45, 7) is 0. The zero-order valence-electron chi connectivity index (χ0n) is 6.75. The van der Waals surface area contributed by atoms with Crippen molar-refractivity contribution in [3.63, 3.8) is 0 Å². The molecule has 0 unspecified atom stereocenters. The van der Waals surface area contributed by atoms with Crippen LogP contribution in [0.3, 0.4) is 0 Å². The second-order valence-electron chi connectivity index (χ2n) is 3.14. The Kier molecular flexibility index (Phi) is 4.24. The third kappa shape index (κ3) is 2.86. The van der Waals surface area contributed by atoms with Gasteiger partial charge in [-0.2, -0.15) is 0 Å². The van der Waals surface area contributed by atoms with Crippen LogP contribution in [0.2, 0.25) is 0 Å². The fraction of sp³-hybridized carbons (Fsp3) is 0.857. The molecule has 0 aromatic heterocycles. The zero-order chi connectivity index (χ0) is 7.14. The molecule has 0 saturated heterocycles. The first-order valence-corrected chi connectivity index (χ1v) is 4.60. The predicted octanol–water partition coefficient (Wildman–Crippen LogP) is -1.55. The number of hydrogen-bond donors (Lipinski definition) is 0. The fourth-order valence-corrected chi connectivity index (χ4v) is 1.90. The second-order valence-corrected chi connectivity index (χ2v) is 4.17. The summed E-state index contributed by atoms with van der Waals surface area (Å²) in [6.07, 6.45) is 5.25. The largest absolute Gasteiger partial charge is 1.00 e. The summed E-state index contributed by atoms with van der Waals surface area (Å²) in [5.74, 6) is 0. The number of rotatable bonds is 2. The van der Waals surface area contributed by atoms with Gasteiger partial charge in [-0.3, -0.25) is 0 Å². The van der Waals surface area contributed by atoms with Crippen molar-refractivity contribution in [1.29, 1.82) is 0 Å². The van der Waals surface area contributed by atoms with Crippen LogP contribution in [-0.4, -0.2) is 21.3 Å². The number of hydrogen-bond acceptors (Lipinski definition) is 2. The van der Waals surface area contributed by atoms with E-state index in [1.165, 1.54) is 25.7 Å². The molecule has 2 aliphatic carbocycles. The van der Waals surface area contributed by atoms with Gasteiger partial charge < -0.3 is 29.7 Å². The molecule has 0 aliphatic heterocycles. The van der Waals surface area contributed by atoms with E-state index in [2.05, 4.69) is 4.90 Å². The molecule has 2 aliphatic rings. The van der Waals surface area contributed by atoms with Crippen LogP contribution in [0.25, 0.3) is 0 Å². The molecule has 0 atom stereocenters. The Morgan fingerprint density at radius 3 is 1.73 bits per heavy atom. The van der Waals surface area contributed by atoms with E-state index in [0.717, 1.165) is 12.1 Å². The minimum absolute atomic E-state index is 0. The topological polar surface area (TPSA) is 3.24 Å². The molecule has 0 amide bonds. The van der Waals surface area contributed by atoms with Gasteiger partial charge >= 0.3 is 51.4 Å². The molecular weight excluding hydrogens is 201 g/mol.